The van der Waals surface area contributed by atoms with Crippen molar-refractivity contribution in [3.05, 3.63) is 5.28 Å². The summed E-state index contributed by atoms with van der Waals surface area (Å²) in [5.74, 6) is 1.02. The highest BCUT2D eigenvalue weighted by atomic mass is 35.5. The van der Waals surface area contributed by atoms with Gasteiger partial charge in [0.2, 0.25) is 17.2 Å². The van der Waals surface area contributed by atoms with Crippen molar-refractivity contribution in [2.24, 2.45) is 0 Å². The molecular formula is C12H20ClN5O2S. The van der Waals surface area contributed by atoms with Gasteiger partial charge in [-0.05, 0) is 30.9 Å². The van der Waals surface area contributed by atoms with Gasteiger partial charge in [-0.2, -0.15) is 15.0 Å². The van der Waals surface area contributed by atoms with Gasteiger partial charge in [0.15, 0.2) is 0 Å². The molecule has 9 heteroatoms. The zero-order valence-electron chi connectivity index (χ0n) is 12.3. The molecule has 1 aromatic rings. The fourth-order valence-corrected chi connectivity index (χ4v) is 2.89. The maximum atomic E-state index is 11.2. The molecule has 1 aliphatic heterocycles. The molecule has 1 aliphatic rings. The topological polar surface area (TPSA) is 79.3 Å². The van der Waals surface area contributed by atoms with E-state index < -0.39 is 9.84 Å². The summed E-state index contributed by atoms with van der Waals surface area (Å²) in [4.78, 5) is 16.4. The molecule has 0 saturated carbocycles. The highest BCUT2D eigenvalue weighted by Gasteiger charge is 2.17. The molecule has 118 valence electrons. The van der Waals surface area contributed by atoms with E-state index >= 15 is 0 Å². The Bertz CT molecular complexity index is 589. The molecule has 0 unspecified atom stereocenters. The summed E-state index contributed by atoms with van der Waals surface area (Å²) in [7, 11) is -1.28. The first-order chi connectivity index (χ1) is 9.85. The predicted molar refractivity (Wildman–Crippen MR) is 83.9 cm³/mol. The maximum Gasteiger partial charge on any atom is 0.231 e. The Morgan fingerprint density at radius 3 is 2.48 bits per heavy atom. The standard InChI is InChI=1S/C12H20ClN5O2S/c1-17(8-9-21(2,19)20)11-14-10(13)15-12(16-11)18-6-4-3-5-7-18/h3-9H2,1-2H3. The van der Waals surface area contributed by atoms with Gasteiger partial charge in [-0.15, -0.1) is 0 Å². The lowest BCUT2D eigenvalue weighted by atomic mass is 10.1. The van der Waals surface area contributed by atoms with Gasteiger partial charge in [0.25, 0.3) is 0 Å². The van der Waals surface area contributed by atoms with E-state index in [1.165, 1.54) is 12.7 Å². The molecule has 0 bridgehead atoms. The van der Waals surface area contributed by atoms with Gasteiger partial charge in [-0.3, -0.25) is 0 Å². The van der Waals surface area contributed by atoms with E-state index in [0.717, 1.165) is 25.9 Å². The molecule has 0 atom stereocenters. The fourth-order valence-electron chi connectivity index (χ4n) is 2.14. The van der Waals surface area contributed by atoms with Gasteiger partial charge >= 0.3 is 0 Å². The summed E-state index contributed by atoms with van der Waals surface area (Å²) in [6, 6.07) is 0. The summed E-state index contributed by atoms with van der Waals surface area (Å²) in [5.41, 5.74) is 0. The van der Waals surface area contributed by atoms with Crippen LogP contribution in [0.1, 0.15) is 19.3 Å². The summed E-state index contributed by atoms with van der Waals surface area (Å²) >= 11 is 5.97. The first-order valence-corrected chi connectivity index (χ1v) is 9.34. The summed E-state index contributed by atoms with van der Waals surface area (Å²) in [5, 5.41) is 0.131. The normalized spacial score (nSPS) is 16.0. The van der Waals surface area contributed by atoms with Crippen LogP contribution < -0.4 is 9.80 Å². The first kappa shape index (κ1) is 16.2. The fraction of sp³-hybridized carbons (Fsp3) is 0.750. The van der Waals surface area contributed by atoms with Crippen molar-refractivity contribution < 1.29 is 8.42 Å². The number of sulfone groups is 1. The molecule has 7 nitrogen and oxygen atoms in total. The highest BCUT2D eigenvalue weighted by Crippen LogP contribution is 2.19. The number of anilines is 2. The average molecular weight is 334 g/mol. The van der Waals surface area contributed by atoms with Crippen molar-refractivity contribution in [2.45, 2.75) is 19.3 Å². The zero-order valence-corrected chi connectivity index (χ0v) is 13.9. The Balaban J connectivity index is 2.13. The Morgan fingerprint density at radius 1 is 1.19 bits per heavy atom. The SMILES string of the molecule is CN(CCS(C)(=O)=O)c1nc(Cl)nc(N2CCCCC2)n1. The molecule has 0 aliphatic carbocycles. The van der Waals surface area contributed by atoms with E-state index in [1.54, 1.807) is 11.9 Å². The molecule has 0 radical (unpaired) electrons. The van der Waals surface area contributed by atoms with Crippen LogP contribution in [0.5, 0.6) is 0 Å². The van der Waals surface area contributed by atoms with Crippen LogP contribution in [0.15, 0.2) is 0 Å². The van der Waals surface area contributed by atoms with Gasteiger partial charge in [-0.1, -0.05) is 0 Å². The van der Waals surface area contributed by atoms with Crippen molar-refractivity contribution in [3.63, 3.8) is 0 Å². The van der Waals surface area contributed by atoms with Crippen LogP contribution in [0.2, 0.25) is 5.28 Å². The van der Waals surface area contributed by atoms with Gasteiger partial charge in [0.1, 0.15) is 9.84 Å². The molecule has 2 rings (SSSR count). The van der Waals surface area contributed by atoms with E-state index in [9.17, 15) is 8.42 Å². The second-order valence-corrected chi connectivity index (χ2v) is 7.90. The van der Waals surface area contributed by atoms with Crippen LogP contribution in [-0.4, -0.2) is 62.1 Å². The second kappa shape index (κ2) is 6.74. The lowest BCUT2D eigenvalue weighted by Crippen LogP contribution is -2.32. The van der Waals surface area contributed by atoms with Gasteiger partial charge in [-0.25, -0.2) is 8.42 Å². The van der Waals surface area contributed by atoms with Crippen molar-refractivity contribution in [1.29, 1.82) is 0 Å². The van der Waals surface area contributed by atoms with Crippen molar-refractivity contribution in [3.8, 4) is 0 Å². The minimum Gasteiger partial charge on any atom is -0.343 e. The number of piperidine rings is 1. The molecule has 0 amide bonds. The van der Waals surface area contributed by atoms with Crippen LogP contribution in [-0.2, 0) is 9.84 Å². The minimum atomic E-state index is -3.02. The van der Waals surface area contributed by atoms with Gasteiger partial charge < -0.3 is 9.80 Å². The lowest BCUT2D eigenvalue weighted by Gasteiger charge is -2.27. The third kappa shape index (κ3) is 4.96. The van der Waals surface area contributed by atoms with Crippen molar-refractivity contribution in [2.75, 3.05) is 48.5 Å². The van der Waals surface area contributed by atoms with E-state index in [-0.39, 0.29) is 11.0 Å². The molecule has 1 saturated heterocycles. The zero-order chi connectivity index (χ0) is 15.5. The summed E-state index contributed by atoms with van der Waals surface area (Å²) < 4.78 is 22.5. The van der Waals surface area contributed by atoms with Gasteiger partial charge in [0, 0.05) is 32.9 Å². The smallest absolute Gasteiger partial charge is 0.231 e. The van der Waals surface area contributed by atoms with Gasteiger partial charge in [0.05, 0.1) is 5.75 Å². The molecule has 1 aromatic heterocycles. The van der Waals surface area contributed by atoms with E-state index in [4.69, 9.17) is 11.6 Å². The van der Waals surface area contributed by atoms with Crippen LogP contribution in [0.4, 0.5) is 11.9 Å². The number of aromatic nitrogens is 3. The second-order valence-electron chi connectivity index (χ2n) is 5.30. The molecule has 1 fully saturated rings. The van der Waals surface area contributed by atoms with Crippen LogP contribution in [0.25, 0.3) is 0 Å². The van der Waals surface area contributed by atoms with E-state index in [1.807, 2.05) is 0 Å². The number of rotatable bonds is 5. The predicted octanol–water partition coefficient (Wildman–Crippen LogP) is 0.996. The Hall–Kier alpha value is -1.15. The maximum absolute atomic E-state index is 11.2. The van der Waals surface area contributed by atoms with Crippen LogP contribution in [0.3, 0.4) is 0 Å². The molecule has 0 N–H and O–H groups in total. The highest BCUT2D eigenvalue weighted by molar-refractivity contribution is 7.90. The average Bonchev–Trinajstić information content (AvgIpc) is 2.44. The Labute approximate surface area is 130 Å². The number of halogens is 1. The molecule has 21 heavy (non-hydrogen) atoms. The summed E-state index contributed by atoms with van der Waals surface area (Å²) in [6.07, 6.45) is 4.65. The van der Waals surface area contributed by atoms with Crippen LogP contribution >= 0.6 is 11.6 Å². The Kier molecular flexibility index (Phi) is 5.21. The Morgan fingerprint density at radius 2 is 1.86 bits per heavy atom. The number of nitrogens with zero attached hydrogens (tertiary/aromatic N) is 5. The molecular weight excluding hydrogens is 314 g/mol. The lowest BCUT2D eigenvalue weighted by molar-refractivity contribution is 0.567. The third-order valence-electron chi connectivity index (χ3n) is 3.36. The molecule has 0 spiro atoms. The third-order valence-corrected chi connectivity index (χ3v) is 4.46. The quantitative estimate of drug-likeness (QED) is 0.795. The van der Waals surface area contributed by atoms with Crippen molar-refractivity contribution in [1.82, 2.24) is 15.0 Å². The number of hydrogen-bond acceptors (Lipinski definition) is 7. The first-order valence-electron chi connectivity index (χ1n) is 6.90. The summed E-state index contributed by atoms with van der Waals surface area (Å²) in [6.45, 7) is 2.14. The van der Waals surface area contributed by atoms with Crippen LogP contribution in [0, 0.1) is 0 Å². The molecule has 2 heterocycles. The largest absolute Gasteiger partial charge is 0.343 e. The van der Waals surface area contributed by atoms with E-state index in [2.05, 4.69) is 19.9 Å². The number of hydrogen-bond donors (Lipinski definition) is 0. The minimum absolute atomic E-state index is 0.0475. The van der Waals surface area contributed by atoms with E-state index in [0.29, 0.717) is 18.4 Å². The molecule has 0 aromatic carbocycles. The monoisotopic (exact) mass is 333 g/mol. The van der Waals surface area contributed by atoms with Crippen molar-refractivity contribution >= 4 is 33.3 Å².